The summed E-state index contributed by atoms with van der Waals surface area (Å²) >= 11 is 1.86. The lowest BCUT2D eigenvalue weighted by atomic mass is 10.1. The van der Waals surface area contributed by atoms with Crippen LogP contribution in [0.3, 0.4) is 0 Å². The molecule has 3 atom stereocenters. The molecule has 2 unspecified atom stereocenters. The second-order valence-corrected chi connectivity index (χ2v) is 8.39. The Morgan fingerprint density at radius 3 is 2.69 bits per heavy atom. The van der Waals surface area contributed by atoms with Gasteiger partial charge in [0.2, 0.25) is 0 Å². The Kier molecular flexibility index (Phi) is 5.41. The fourth-order valence-corrected chi connectivity index (χ4v) is 4.76. The van der Waals surface area contributed by atoms with Crippen LogP contribution >= 0.6 is 11.8 Å². The van der Waals surface area contributed by atoms with Gasteiger partial charge in [0.15, 0.2) is 0 Å². The number of thioether (sulfide) groups is 1. The standard InChI is InChI=1S/C22H27NO2S/c1-16-11-12-23(17(16)2)13-14-24-19-9-7-18(8-10-19)21-15-26-22-6-4-3-5-20(22)25-21/h3-10,16-17,21H,11-15H2,1-2H3/t16?,17?,21-/m1/s1. The van der Waals surface area contributed by atoms with Crippen LogP contribution < -0.4 is 9.47 Å². The number of ether oxygens (including phenoxy) is 2. The molecule has 1 saturated heterocycles. The molecule has 2 aliphatic rings. The molecule has 3 nitrogen and oxygen atoms in total. The van der Waals surface area contributed by atoms with Crippen molar-refractivity contribution in [2.45, 2.75) is 37.3 Å². The summed E-state index contributed by atoms with van der Waals surface area (Å²) in [6, 6.07) is 17.3. The van der Waals surface area contributed by atoms with E-state index in [-0.39, 0.29) is 6.10 Å². The zero-order valence-corrected chi connectivity index (χ0v) is 16.4. The number of rotatable bonds is 5. The van der Waals surface area contributed by atoms with Gasteiger partial charge in [0.05, 0.1) is 0 Å². The summed E-state index contributed by atoms with van der Waals surface area (Å²) in [5, 5.41) is 0. The van der Waals surface area contributed by atoms with Gasteiger partial charge < -0.3 is 9.47 Å². The predicted octanol–water partition coefficient (Wildman–Crippen LogP) is 5.02. The molecule has 0 saturated carbocycles. The van der Waals surface area contributed by atoms with Crippen molar-refractivity contribution in [2.75, 3.05) is 25.4 Å². The third-order valence-corrected chi connectivity index (χ3v) is 6.80. The van der Waals surface area contributed by atoms with Crippen LogP contribution in [0.2, 0.25) is 0 Å². The number of benzene rings is 2. The Labute approximate surface area is 160 Å². The minimum Gasteiger partial charge on any atom is -0.492 e. The molecule has 0 N–H and O–H groups in total. The fourth-order valence-electron chi connectivity index (χ4n) is 3.73. The molecule has 0 amide bonds. The van der Waals surface area contributed by atoms with Gasteiger partial charge in [0, 0.05) is 23.2 Å². The molecule has 2 heterocycles. The molecule has 0 radical (unpaired) electrons. The summed E-state index contributed by atoms with van der Waals surface area (Å²) in [4.78, 5) is 3.76. The van der Waals surface area contributed by atoms with E-state index >= 15 is 0 Å². The van der Waals surface area contributed by atoms with Crippen molar-refractivity contribution < 1.29 is 9.47 Å². The normalized spacial score (nSPS) is 25.5. The van der Waals surface area contributed by atoms with E-state index < -0.39 is 0 Å². The Balaban J connectivity index is 1.30. The minimum absolute atomic E-state index is 0.107. The van der Waals surface area contributed by atoms with Crippen LogP contribution in [-0.4, -0.2) is 36.4 Å². The highest BCUT2D eigenvalue weighted by Crippen LogP contribution is 2.40. The van der Waals surface area contributed by atoms with Gasteiger partial charge in [-0.2, -0.15) is 0 Å². The molecule has 2 aliphatic heterocycles. The van der Waals surface area contributed by atoms with E-state index in [4.69, 9.17) is 9.47 Å². The van der Waals surface area contributed by atoms with E-state index in [9.17, 15) is 0 Å². The number of para-hydroxylation sites is 1. The maximum atomic E-state index is 6.16. The first-order chi connectivity index (χ1) is 12.7. The van der Waals surface area contributed by atoms with Gasteiger partial charge in [-0.1, -0.05) is 31.2 Å². The third kappa shape index (κ3) is 3.86. The van der Waals surface area contributed by atoms with E-state index in [1.807, 2.05) is 23.9 Å². The smallest absolute Gasteiger partial charge is 0.133 e. The SMILES string of the molecule is CC1CCN(CCOc2ccc([C@H]3CSc4ccccc4O3)cc2)C1C. The lowest BCUT2D eigenvalue weighted by molar-refractivity contribution is 0.193. The average Bonchev–Trinajstić information content (AvgIpc) is 3.00. The molecule has 138 valence electrons. The lowest BCUT2D eigenvalue weighted by Gasteiger charge is -2.26. The Morgan fingerprint density at radius 2 is 1.92 bits per heavy atom. The summed E-state index contributed by atoms with van der Waals surface area (Å²) in [6.45, 7) is 7.62. The highest BCUT2D eigenvalue weighted by Gasteiger charge is 2.26. The fraction of sp³-hybridized carbons (Fsp3) is 0.455. The molecular formula is C22H27NO2S. The molecular weight excluding hydrogens is 342 g/mol. The predicted molar refractivity (Wildman–Crippen MR) is 107 cm³/mol. The molecule has 2 aromatic carbocycles. The van der Waals surface area contributed by atoms with Crippen molar-refractivity contribution in [3.8, 4) is 11.5 Å². The van der Waals surface area contributed by atoms with Gasteiger partial charge in [0.1, 0.15) is 24.2 Å². The maximum Gasteiger partial charge on any atom is 0.133 e. The Morgan fingerprint density at radius 1 is 1.12 bits per heavy atom. The van der Waals surface area contributed by atoms with Crippen LogP contribution in [0.4, 0.5) is 0 Å². The Hall–Kier alpha value is -1.65. The number of likely N-dealkylation sites (tertiary alicyclic amines) is 1. The van der Waals surface area contributed by atoms with Gasteiger partial charge in [-0.05, 0) is 55.6 Å². The number of hydrogen-bond donors (Lipinski definition) is 0. The summed E-state index contributed by atoms with van der Waals surface area (Å²) in [7, 11) is 0. The minimum atomic E-state index is 0.107. The first-order valence-electron chi connectivity index (χ1n) is 9.56. The highest BCUT2D eigenvalue weighted by molar-refractivity contribution is 7.99. The molecule has 26 heavy (non-hydrogen) atoms. The summed E-state index contributed by atoms with van der Waals surface area (Å²) < 4.78 is 12.1. The number of hydrogen-bond acceptors (Lipinski definition) is 4. The second kappa shape index (κ2) is 7.93. The monoisotopic (exact) mass is 369 g/mol. The topological polar surface area (TPSA) is 21.7 Å². The summed E-state index contributed by atoms with van der Waals surface area (Å²) in [6.07, 6.45) is 1.41. The molecule has 4 heteroatoms. The van der Waals surface area contributed by atoms with Gasteiger partial charge in [-0.15, -0.1) is 11.8 Å². The quantitative estimate of drug-likeness (QED) is 0.737. The van der Waals surface area contributed by atoms with E-state index in [0.29, 0.717) is 6.04 Å². The molecule has 4 rings (SSSR count). The first-order valence-corrected chi connectivity index (χ1v) is 10.5. The molecule has 0 aromatic heterocycles. The van der Waals surface area contributed by atoms with Crippen LogP contribution in [0.1, 0.15) is 31.9 Å². The van der Waals surface area contributed by atoms with Crippen LogP contribution in [0, 0.1) is 5.92 Å². The van der Waals surface area contributed by atoms with Crippen LogP contribution in [-0.2, 0) is 0 Å². The van der Waals surface area contributed by atoms with Crippen molar-refractivity contribution in [1.29, 1.82) is 0 Å². The lowest BCUT2D eigenvalue weighted by Crippen LogP contribution is -2.33. The van der Waals surface area contributed by atoms with Crippen molar-refractivity contribution in [1.82, 2.24) is 4.90 Å². The van der Waals surface area contributed by atoms with Crippen molar-refractivity contribution >= 4 is 11.8 Å². The number of fused-ring (bicyclic) bond motifs is 1. The largest absolute Gasteiger partial charge is 0.492 e. The first kappa shape index (κ1) is 17.7. The van der Waals surface area contributed by atoms with Crippen molar-refractivity contribution in [3.63, 3.8) is 0 Å². The number of nitrogens with zero attached hydrogens (tertiary/aromatic N) is 1. The van der Waals surface area contributed by atoms with E-state index in [1.54, 1.807) is 0 Å². The van der Waals surface area contributed by atoms with Gasteiger partial charge in [0.25, 0.3) is 0 Å². The van der Waals surface area contributed by atoms with Crippen LogP contribution in [0.5, 0.6) is 11.5 Å². The van der Waals surface area contributed by atoms with E-state index in [0.717, 1.165) is 36.3 Å². The highest BCUT2D eigenvalue weighted by atomic mass is 32.2. The zero-order valence-electron chi connectivity index (χ0n) is 15.6. The second-order valence-electron chi connectivity index (χ2n) is 7.32. The average molecular weight is 370 g/mol. The van der Waals surface area contributed by atoms with Crippen LogP contribution in [0.15, 0.2) is 53.4 Å². The van der Waals surface area contributed by atoms with Gasteiger partial charge >= 0.3 is 0 Å². The third-order valence-electron chi connectivity index (χ3n) is 5.68. The molecule has 0 spiro atoms. The van der Waals surface area contributed by atoms with Gasteiger partial charge in [-0.3, -0.25) is 4.90 Å². The van der Waals surface area contributed by atoms with Crippen molar-refractivity contribution in [3.05, 3.63) is 54.1 Å². The maximum absolute atomic E-state index is 6.16. The van der Waals surface area contributed by atoms with E-state index in [2.05, 4.69) is 55.1 Å². The Bertz CT molecular complexity index is 733. The van der Waals surface area contributed by atoms with E-state index in [1.165, 1.54) is 23.4 Å². The molecule has 1 fully saturated rings. The van der Waals surface area contributed by atoms with Crippen LogP contribution in [0.25, 0.3) is 0 Å². The molecule has 0 bridgehead atoms. The zero-order chi connectivity index (χ0) is 17.9. The summed E-state index contributed by atoms with van der Waals surface area (Å²) in [5.41, 5.74) is 1.21. The molecule has 0 aliphatic carbocycles. The van der Waals surface area contributed by atoms with Crippen molar-refractivity contribution in [2.24, 2.45) is 5.92 Å². The summed E-state index contributed by atoms with van der Waals surface area (Å²) in [5.74, 6) is 3.68. The van der Waals surface area contributed by atoms with Gasteiger partial charge in [-0.25, -0.2) is 0 Å². The molecule has 2 aromatic rings.